The van der Waals surface area contributed by atoms with Gasteiger partial charge in [0.25, 0.3) is 0 Å². The van der Waals surface area contributed by atoms with Crippen LogP contribution in [-0.4, -0.2) is 40.8 Å². The lowest BCUT2D eigenvalue weighted by Gasteiger charge is -2.09. The van der Waals surface area contributed by atoms with Gasteiger partial charge in [-0.25, -0.2) is 13.1 Å². The quantitative estimate of drug-likeness (QED) is 0.455. The van der Waals surface area contributed by atoms with Crippen LogP contribution >= 0.6 is 0 Å². The summed E-state index contributed by atoms with van der Waals surface area (Å²) in [4.78, 5) is 11.8. The monoisotopic (exact) mass is 407 g/mol. The predicted molar refractivity (Wildman–Crippen MR) is 105 cm³/mol. The van der Waals surface area contributed by atoms with Crippen molar-refractivity contribution in [2.24, 2.45) is 0 Å². The van der Waals surface area contributed by atoms with Crippen molar-refractivity contribution in [2.75, 3.05) is 26.4 Å². The van der Waals surface area contributed by atoms with Crippen molar-refractivity contribution < 1.29 is 27.4 Å². The second kappa shape index (κ2) is 10.7. The van der Waals surface area contributed by atoms with Gasteiger partial charge in [0.2, 0.25) is 10.0 Å². The first-order valence-corrected chi connectivity index (χ1v) is 10.5. The van der Waals surface area contributed by atoms with E-state index in [9.17, 15) is 13.2 Å². The summed E-state index contributed by atoms with van der Waals surface area (Å²) < 4.78 is 42.5. The zero-order valence-corrected chi connectivity index (χ0v) is 16.8. The van der Waals surface area contributed by atoms with Gasteiger partial charge in [-0.15, -0.1) is 0 Å². The van der Waals surface area contributed by atoms with E-state index in [1.807, 2.05) is 38.1 Å². The van der Waals surface area contributed by atoms with Crippen LogP contribution in [0.3, 0.4) is 0 Å². The zero-order chi connectivity index (χ0) is 20.4. The van der Waals surface area contributed by atoms with Crippen molar-refractivity contribution in [1.29, 1.82) is 0 Å². The van der Waals surface area contributed by atoms with Crippen LogP contribution in [0.25, 0.3) is 0 Å². The van der Waals surface area contributed by atoms with E-state index in [1.54, 1.807) is 12.1 Å². The molecule has 0 aliphatic carbocycles. The first-order chi connectivity index (χ1) is 13.4. The van der Waals surface area contributed by atoms with E-state index >= 15 is 0 Å². The highest BCUT2D eigenvalue weighted by Crippen LogP contribution is 2.15. The fourth-order valence-electron chi connectivity index (χ4n) is 2.27. The first-order valence-electron chi connectivity index (χ1n) is 8.98. The third-order valence-electron chi connectivity index (χ3n) is 3.70. The van der Waals surface area contributed by atoms with Gasteiger partial charge in [0.15, 0.2) is 0 Å². The van der Waals surface area contributed by atoms with Gasteiger partial charge in [0.05, 0.1) is 17.9 Å². The summed E-state index contributed by atoms with van der Waals surface area (Å²) >= 11 is 0. The van der Waals surface area contributed by atoms with Crippen molar-refractivity contribution >= 4 is 16.0 Å². The molecule has 0 heterocycles. The minimum absolute atomic E-state index is 0.0484. The molecule has 0 saturated carbocycles. The normalized spacial score (nSPS) is 11.1. The smallest absolute Gasteiger partial charge is 0.307 e. The Morgan fingerprint density at radius 3 is 2.18 bits per heavy atom. The Labute approximate surface area is 165 Å². The standard InChI is InChI=1S/C20H25NO6S/c1-3-25-17-8-10-19(11-9-17)28(23,24)21-13-12-20(22)27-15-14-26-18-6-4-16(2)5-7-18/h4-11,21H,3,12-15H2,1-2H3. The molecule has 2 rings (SSSR count). The predicted octanol–water partition coefficient (Wildman–Crippen LogP) is 2.68. The minimum Gasteiger partial charge on any atom is -0.494 e. The third-order valence-corrected chi connectivity index (χ3v) is 5.18. The van der Waals surface area contributed by atoms with Gasteiger partial charge < -0.3 is 14.2 Å². The van der Waals surface area contributed by atoms with Gasteiger partial charge in [0, 0.05) is 6.54 Å². The molecule has 0 bridgehead atoms. The number of aryl methyl sites for hydroxylation is 1. The van der Waals surface area contributed by atoms with Crippen molar-refractivity contribution in [3.63, 3.8) is 0 Å². The number of rotatable bonds is 11. The highest BCUT2D eigenvalue weighted by molar-refractivity contribution is 7.89. The van der Waals surface area contributed by atoms with Crippen molar-refractivity contribution in [1.82, 2.24) is 4.72 Å². The second-order valence-corrected chi connectivity index (χ2v) is 7.70. The Bertz CT molecular complexity index is 847. The van der Waals surface area contributed by atoms with E-state index in [4.69, 9.17) is 14.2 Å². The third kappa shape index (κ3) is 7.21. The molecular formula is C20H25NO6S. The molecule has 7 nitrogen and oxygen atoms in total. The van der Waals surface area contributed by atoms with Crippen LogP contribution in [0.5, 0.6) is 11.5 Å². The summed E-state index contributed by atoms with van der Waals surface area (Å²) in [7, 11) is -3.69. The van der Waals surface area contributed by atoms with E-state index in [1.165, 1.54) is 12.1 Å². The Kier molecular flexibility index (Phi) is 8.28. The summed E-state index contributed by atoms with van der Waals surface area (Å²) in [6, 6.07) is 13.6. The van der Waals surface area contributed by atoms with E-state index in [0.717, 1.165) is 5.56 Å². The van der Waals surface area contributed by atoms with E-state index in [2.05, 4.69) is 4.72 Å². The van der Waals surface area contributed by atoms with Gasteiger partial charge in [-0.1, -0.05) is 17.7 Å². The molecule has 0 saturated heterocycles. The summed E-state index contributed by atoms with van der Waals surface area (Å²) in [6.45, 7) is 4.61. The molecule has 0 fully saturated rings. The number of sulfonamides is 1. The molecular weight excluding hydrogens is 382 g/mol. The van der Waals surface area contributed by atoms with Gasteiger partial charge in [0.1, 0.15) is 24.7 Å². The molecule has 0 radical (unpaired) electrons. The number of carbonyl (C=O) groups is 1. The molecule has 2 aromatic carbocycles. The molecule has 0 aliphatic heterocycles. The van der Waals surface area contributed by atoms with Crippen LogP contribution in [0.15, 0.2) is 53.4 Å². The van der Waals surface area contributed by atoms with Crippen LogP contribution in [-0.2, 0) is 19.6 Å². The van der Waals surface area contributed by atoms with Gasteiger partial charge in [-0.2, -0.15) is 0 Å². The van der Waals surface area contributed by atoms with Gasteiger partial charge >= 0.3 is 5.97 Å². The Morgan fingerprint density at radius 2 is 1.54 bits per heavy atom. The SMILES string of the molecule is CCOc1ccc(S(=O)(=O)NCCC(=O)OCCOc2ccc(C)cc2)cc1. The lowest BCUT2D eigenvalue weighted by atomic mass is 10.2. The number of ether oxygens (including phenoxy) is 3. The second-order valence-electron chi connectivity index (χ2n) is 5.93. The van der Waals surface area contributed by atoms with Gasteiger partial charge in [-0.3, -0.25) is 4.79 Å². The lowest BCUT2D eigenvalue weighted by molar-refractivity contribution is -0.144. The maximum absolute atomic E-state index is 12.2. The molecule has 0 atom stereocenters. The maximum atomic E-state index is 12.2. The molecule has 0 aromatic heterocycles. The van der Waals surface area contributed by atoms with Crippen LogP contribution in [0.4, 0.5) is 0 Å². The van der Waals surface area contributed by atoms with Crippen molar-refractivity contribution in [3.05, 3.63) is 54.1 Å². The maximum Gasteiger partial charge on any atom is 0.307 e. The summed E-state index contributed by atoms with van der Waals surface area (Å²) in [5, 5.41) is 0. The zero-order valence-electron chi connectivity index (χ0n) is 16.0. The molecule has 0 amide bonds. The van der Waals surface area contributed by atoms with E-state index in [-0.39, 0.29) is 31.1 Å². The highest BCUT2D eigenvalue weighted by Gasteiger charge is 2.14. The number of hydrogen-bond donors (Lipinski definition) is 1. The summed E-state index contributed by atoms with van der Waals surface area (Å²) in [6.07, 6.45) is -0.0687. The number of nitrogens with one attached hydrogen (secondary N) is 1. The molecule has 8 heteroatoms. The molecule has 152 valence electrons. The Morgan fingerprint density at radius 1 is 0.929 bits per heavy atom. The average molecular weight is 407 g/mol. The van der Waals surface area contributed by atoms with Gasteiger partial charge in [-0.05, 0) is 50.2 Å². The fourth-order valence-corrected chi connectivity index (χ4v) is 3.31. The number of esters is 1. The molecule has 1 N–H and O–H groups in total. The first kappa shape index (κ1) is 21.7. The van der Waals surface area contributed by atoms with Crippen LogP contribution in [0, 0.1) is 6.92 Å². The van der Waals surface area contributed by atoms with Crippen LogP contribution < -0.4 is 14.2 Å². The molecule has 28 heavy (non-hydrogen) atoms. The number of benzene rings is 2. The molecule has 0 spiro atoms. The van der Waals surface area contributed by atoms with E-state index in [0.29, 0.717) is 18.1 Å². The largest absolute Gasteiger partial charge is 0.494 e. The van der Waals surface area contributed by atoms with E-state index < -0.39 is 16.0 Å². The van der Waals surface area contributed by atoms with Crippen LogP contribution in [0.1, 0.15) is 18.9 Å². The Balaban J connectivity index is 1.67. The van der Waals surface area contributed by atoms with Crippen molar-refractivity contribution in [2.45, 2.75) is 25.2 Å². The summed E-state index contributed by atoms with van der Waals surface area (Å²) in [5.41, 5.74) is 1.13. The molecule has 0 aliphatic rings. The van der Waals surface area contributed by atoms with Crippen LogP contribution in [0.2, 0.25) is 0 Å². The number of carbonyl (C=O) groups excluding carboxylic acids is 1. The molecule has 2 aromatic rings. The number of hydrogen-bond acceptors (Lipinski definition) is 6. The van der Waals surface area contributed by atoms with Crippen molar-refractivity contribution in [3.8, 4) is 11.5 Å². The highest BCUT2D eigenvalue weighted by atomic mass is 32.2. The average Bonchev–Trinajstić information content (AvgIpc) is 2.67. The lowest BCUT2D eigenvalue weighted by Crippen LogP contribution is -2.27. The Hall–Kier alpha value is -2.58. The fraction of sp³-hybridized carbons (Fsp3) is 0.350. The molecule has 0 unspecified atom stereocenters. The summed E-state index contributed by atoms with van der Waals surface area (Å²) in [5.74, 6) is 0.796. The topological polar surface area (TPSA) is 90.9 Å². The minimum atomic E-state index is -3.69.